The molecule has 1 aliphatic heterocycles. The van der Waals surface area contributed by atoms with Crippen molar-refractivity contribution in [3.05, 3.63) is 41.4 Å². The quantitative estimate of drug-likeness (QED) is 0.564. The number of sulfonamides is 1. The zero-order valence-corrected chi connectivity index (χ0v) is 19.5. The molecule has 0 aromatic heterocycles. The summed E-state index contributed by atoms with van der Waals surface area (Å²) in [5.41, 5.74) is 1.31. The molecule has 0 bridgehead atoms. The number of rotatable bonds is 9. The summed E-state index contributed by atoms with van der Waals surface area (Å²) < 4.78 is 43.2. The van der Waals surface area contributed by atoms with Crippen LogP contribution in [0.2, 0.25) is 5.02 Å². The third-order valence-electron chi connectivity index (χ3n) is 4.90. The van der Waals surface area contributed by atoms with E-state index in [1.165, 1.54) is 32.4 Å². The van der Waals surface area contributed by atoms with E-state index in [9.17, 15) is 13.2 Å². The first-order valence-electron chi connectivity index (χ1n) is 9.98. The van der Waals surface area contributed by atoms with Gasteiger partial charge in [0.05, 0.1) is 48.7 Å². The van der Waals surface area contributed by atoms with Crippen LogP contribution >= 0.6 is 11.6 Å². The molecule has 174 valence electrons. The van der Waals surface area contributed by atoms with Crippen molar-refractivity contribution in [2.75, 3.05) is 57.3 Å². The highest BCUT2D eigenvalue weighted by Crippen LogP contribution is 2.34. The predicted molar refractivity (Wildman–Crippen MR) is 122 cm³/mol. The minimum Gasteiger partial charge on any atom is -0.493 e. The van der Waals surface area contributed by atoms with Crippen molar-refractivity contribution >= 4 is 38.9 Å². The molecule has 2 aromatic carbocycles. The number of carbonyl (C=O) groups is 1. The van der Waals surface area contributed by atoms with E-state index in [1.807, 2.05) is 0 Å². The monoisotopic (exact) mass is 483 g/mol. The molecule has 0 saturated carbocycles. The molecule has 1 fully saturated rings. The molecule has 9 nitrogen and oxygen atoms in total. The lowest BCUT2D eigenvalue weighted by Crippen LogP contribution is -2.37. The molecule has 11 heteroatoms. The van der Waals surface area contributed by atoms with Crippen LogP contribution in [-0.2, 0) is 19.6 Å². The lowest BCUT2D eigenvalue weighted by molar-refractivity contribution is -0.116. The molecule has 3 rings (SSSR count). The molecule has 1 saturated heterocycles. The van der Waals surface area contributed by atoms with Crippen LogP contribution in [0.4, 0.5) is 11.4 Å². The first-order chi connectivity index (χ1) is 15.4. The van der Waals surface area contributed by atoms with Crippen molar-refractivity contribution in [1.29, 1.82) is 0 Å². The van der Waals surface area contributed by atoms with Crippen LogP contribution in [0.25, 0.3) is 0 Å². The Morgan fingerprint density at radius 1 is 1.12 bits per heavy atom. The zero-order chi connectivity index (χ0) is 23.1. The number of hydrogen-bond donors (Lipinski definition) is 2. The van der Waals surface area contributed by atoms with Crippen LogP contribution in [0.3, 0.4) is 0 Å². The molecule has 0 spiro atoms. The number of amides is 1. The van der Waals surface area contributed by atoms with E-state index < -0.39 is 10.0 Å². The zero-order valence-electron chi connectivity index (χ0n) is 17.9. The van der Waals surface area contributed by atoms with E-state index in [2.05, 4.69) is 14.9 Å². The first-order valence-corrected chi connectivity index (χ1v) is 11.8. The van der Waals surface area contributed by atoms with Crippen LogP contribution < -0.4 is 24.4 Å². The molecule has 2 N–H and O–H groups in total. The molecule has 0 radical (unpaired) electrons. The molecule has 2 aromatic rings. The Morgan fingerprint density at radius 3 is 2.53 bits per heavy atom. The second-order valence-corrected chi connectivity index (χ2v) is 9.12. The minimum atomic E-state index is -3.83. The fraction of sp³-hybridized carbons (Fsp3) is 0.381. The number of methoxy groups -OCH3 is 2. The van der Waals surface area contributed by atoms with Gasteiger partial charge in [-0.25, -0.2) is 13.1 Å². The predicted octanol–water partition coefficient (Wildman–Crippen LogP) is 2.50. The molecule has 1 heterocycles. The third kappa shape index (κ3) is 5.83. The van der Waals surface area contributed by atoms with E-state index in [1.54, 1.807) is 18.2 Å². The number of benzene rings is 2. The van der Waals surface area contributed by atoms with Gasteiger partial charge in [-0.05, 0) is 24.3 Å². The van der Waals surface area contributed by atoms with Gasteiger partial charge in [-0.2, -0.15) is 0 Å². The summed E-state index contributed by atoms with van der Waals surface area (Å²) in [4.78, 5) is 14.6. The highest BCUT2D eigenvalue weighted by Gasteiger charge is 2.20. The van der Waals surface area contributed by atoms with Crippen LogP contribution in [0, 0.1) is 0 Å². The van der Waals surface area contributed by atoms with Crippen LogP contribution in [0.5, 0.6) is 11.5 Å². The largest absolute Gasteiger partial charge is 0.493 e. The van der Waals surface area contributed by atoms with Gasteiger partial charge in [0.15, 0.2) is 11.5 Å². The standard InChI is InChI=1S/C21H26ClN3O6S/c1-29-18-7-6-15(14-19(18)30-2)32(27,28)23-9-8-20(26)24-17-5-3-4-16(22)21(17)25-10-12-31-13-11-25/h3-7,14,23H,8-13H2,1-2H3,(H,24,26). The molecule has 0 atom stereocenters. The molecule has 0 aliphatic carbocycles. The number of para-hydroxylation sites is 1. The Labute approximate surface area is 192 Å². The maximum Gasteiger partial charge on any atom is 0.240 e. The highest BCUT2D eigenvalue weighted by molar-refractivity contribution is 7.89. The van der Waals surface area contributed by atoms with Gasteiger partial charge < -0.3 is 24.4 Å². The Bertz CT molecular complexity index is 1060. The van der Waals surface area contributed by atoms with E-state index in [-0.39, 0.29) is 23.8 Å². The Kier molecular flexibility index (Phi) is 8.19. The summed E-state index contributed by atoms with van der Waals surface area (Å²) in [7, 11) is -0.938. The average molecular weight is 484 g/mol. The van der Waals surface area contributed by atoms with Crippen molar-refractivity contribution < 1.29 is 27.4 Å². The van der Waals surface area contributed by atoms with Gasteiger partial charge in [-0.3, -0.25) is 4.79 Å². The summed E-state index contributed by atoms with van der Waals surface area (Å²) in [6, 6.07) is 9.56. The highest BCUT2D eigenvalue weighted by atomic mass is 35.5. The minimum absolute atomic E-state index is 0.0139. The van der Waals surface area contributed by atoms with Crippen LogP contribution in [-0.4, -0.2) is 61.4 Å². The van der Waals surface area contributed by atoms with Crippen molar-refractivity contribution in [3.8, 4) is 11.5 Å². The normalized spacial score (nSPS) is 14.2. The maximum absolute atomic E-state index is 12.6. The van der Waals surface area contributed by atoms with Gasteiger partial charge in [0.25, 0.3) is 0 Å². The molecule has 1 amide bonds. The number of morpholine rings is 1. The topological polar surface area (TPSA) is 106 Å². The van der Waals surface area contributed by atoms with Crippen molar-refractivity contribution in [1.82, 2.24) is 4.72 Å². The summed E-state index contributed by atoms with van der Waals surface area (Å²) in [6.07, 6.45) is -0.0540. The molecule has 32 heavy (non-hydrogen) atoms. The second kappa shape index (κ2) is 10.9. The number of hydrogen-bond acceptors (Lipinski definition) is 7. The Balaban J connectivity index is 1.62. The molecular formula is C21H26ClN3O6S. The Hall–Kier alpha value is -2.53. The number of anilines is 2. The smallest absolute Gasteiger partial charge is 0.240 e. The number of ether oxygens (including phenoxy) is 3. The summed E-state index contributed by atoms with van der Waals surface area (Å²) in [5.74, 6) is 0.380. The number of halogens is 1. The second-order valence-electron chi connectivity index (χ2n) is 6.95. The number of nitrogens with one attached hydrogen (secondary N) is 2. The van der Waals surface area contributed by atoms with Crippen molar-refractivity contribution in [2.45, 2.75) is 11.3 Å². The summed E-state index contributed by atoms with van der Waals surface area (Å²) in [5, 5.41) is 3.36. The molecule has 0 unspecified atom stereocenters. The van der Waals surface area contributed by atoms with Gasteiger partial charge in [-0.1, -0.05) is 17.7 Å². The van der Waals surface area contributed by atoms with Crippen LogP contribution in [0.1, 0.15) is 6.42 Å². The van der Waals surface area contributed by atoms with Crippen molar-refractivity contribution in [3.63, 3.8) is 0 Å². The number of nitrogens with zero attached hydrogens (tertiary/aromatic N) is 1. The van der Waals surface area contributed by atoms with Gasteiger partial charge in [-0.15, -0.1) is 0 Å². The SMILES string of the molecule is COc1ccc(S(=O)(=O)NCCC(=O)Nc2cccc(Cl)c2N2CCOCC2)cc1OC. The third-order valence-corrected chi connectivity index (χ3v) is 6.66. The lowest BCUT2D eigenvalue weighted by Gasteiger charge is -2.31. The molecule has 1 aliphatic rings. The first kappa shape index (κ1) is 24.1. The van der Waals surface area contributed by atoms with Gasteiger partial charge in [0.2, 0.25) is 15.9 Å². The van der Waals surface area contributed by atoms with Gasteiger partial charge >= 0.3 is 0 Å². The fourth-order valence-corrected chi connectivity index (χ4v) is 4.64. The lowest BCUT2D eigenvalue weighted by atomic mass is 10.2. The van der Waals surface area contributed by atoms with E-state index >= 15 is 0 Å². The number of carbonyl (C=O) groups excluding carboxylic acids is 1. The Morgan fingerprint density at radius 2 is 1.84 bits per heavy atom. The molecular weight excluding hydrogens is 458 g/mol. The summed E-state index contributed by atoms with van der Waals surface area (Å²) in [6.45, 7) is 2.42. The maximum atomic E-state index is 12.6. The fourth-order valence-electron chi connectivity index (χ4n) is 3.30. The van der Waals surface area contributed by atoms with Gasteiger partial charge in [0, 0.05) is 32.1 Å². The van der Waals surface area contributed by atoms with Crippen molar-refractivity contribution in [2.24, 2.45) is 0 Å². The van der Waals surface area contributed by atoms with Crippen LogP contribution in [0.15, 0.2) is 41.3 Å². The van der Waals surface area contributed by atoms with E-state index in [4.69, 9.17) is 25.8 Å². The average Bonchev–Trinajstić information content (AvgIpc) is 2.79. The summed E-state index contributed by atoms with van der Waals surface area (Å²) >= 11 is 6.38. The van der Waals surface area contributed by atoms with Gasteiger partial charge in [0.1, 0.15) is 0 Å². The van der Waals surface area contributed by atoms with E-state index in [0.29, 0.717) is 48.5 Å². The van der Waals surface area contributed by atoms with E-state index in [0.717, 1.165) is 5.69 Å².